The number of benzene rings is 3. The molecule has 1 nitrogen and oxygen atoms in total. The summed E-state index contributed by atoms with van der Waals surface area (Å²) in [5.41, 5.74) is 2.90. The first-order chi connectivity index (χ1) is 12.3. The molecule has 3 rings (SSSR count). The number of alkyl halides is 3. The zero-order chi connectivity index (χ0) is 18.7. The molecule has 0 fully saturated rings. The molecule has 0 heterocycles. The Bertz CT molecular complexity index is 869. The fraction of sp³-hybridized carbons (Fsp3) is 0.143. The highest BCUT2D eigenvalue weighted by molar-refractivity contribution is 7.64. The van der Waals surface area contributed by atoms with Crippen molar-refractivity contribution in [3.8, 4) is 11.1 Å². The Morgan fingerprint density at radius 3 is 1.96 bits per heavy atom. The second-order valence-electron chi connectivity index (χ2n) is 6.19. The molecule has 134 valence electrons. The molecule has 0 spiro atoms. The topological polar surface area (TPSA) is 12.0 Å². The molecule has 3 aromatic rings. The van der Waals surface area contributed by atoms with E-state index < -0.39 is 11.7 Å². The van der Waals surface area contributed by atoms with E-state index in [2.05, 4.69) is 42.9 Å². The Labute approximate surface area is 152 Å². The van der Waals surface area contributed by atoms with Crippen molar-refractivity contribution in [2.45, 2.75) is 6.18 Å². The zero-order valence-corrected chi connectivity index (χ0v) is 15.4. The highest BCUT2D eigenvalue weighted by atomic mass is 31.1. The number of anilines is 2. The van der Waals surface area contributed by atoms with Gasteiger partial charge in [0.05, 0.1) is 5.56 Å². The summed E-state index contributed by atoms with van der Waals surface area (Å²) in [5.74, 6) is 0. The van der Waals surface area contributed by atoms with Crippen molar-refractivity contribution in [3.05, 3.63) is 78.4 Å². The van der Waals surface area contributed by atoms with E-state index in [1.54, 1.807) is 0 Å². The molecule has 0 bridgehead atoms. The largest absolute Gasteiger partial charge is 0.416 e. The second kappa shape index (κ2) is 7.51. The van der Waals surface area contributed by atoms with Crippen molar-refractivity contribution in [1.82, 2.24) is 0 Å². The summed E-state index contributed by atoms with van der Waals surface area (Å²) in [6, 6.07) is 21.3. The van der Waals surface area contributed by atoms with Gasteiger partial charge in [-0.1, -0.05) is 50.4 Å². The van der Waals surface area contributed by atoms with E-state index in [1.807, 2.05) is 24.3 Å². The van der Waals surface area contributed by atoms with Crippen LogP contribution in [0, 0.1) is 0 Å². The molecule has 3 aromatic carbocycles. The molecule has 0 aliphatic heterocycles. The monoisotopic (exact) mass is 373 g/mol. The number of halogens is 3. The smallest absolute Gasteiger partial charge is 0.355 e. The van der Waals surface area contributed by atoms with Gasteiger partial charge in [0, 0.05) is 16.9 Å². The van der Waals surface area contributed by atoms with Gasteiger partial charge in [-0.15, -0.1) is 0 Å². The molecule has 0 aliphatic rings. The van der Waals surface area contributed by atoms with E-state index in [9.17, 15) is 13.2 Å². The lowest BCUT2D eigenvalue weighted by Crippen LogP contribution is -2.04. The van der Waals surface area contributed by atoms with Gasteiger partial charge in [-0.2, -0.15) is 13.2 Å². The first kappa shape index (κ1) is 18.5. The number of hydrogen-bond acceptors (Lipinski definition) is 1. The van der Waals surface area contributed by atoms with Crippen LogP contribution in [0.15, 0.2) is 72.8 Å². The lowest BCUT2D eigenvalue weighted by atomic mass is 10.0. The molecule has 0 amide bonds. The Hall–Kier alpha value is -2.32. The molecular weight excluding hydrogens is 354 g/mol. The van der Waals surface area contributed by atoms with Crippen LogP contribution in [0.2, 0.25) is 0 Å². The standard InChI is InChI=1S/C21H19F3NP/c1-26(2)18-13-7-15(8-14-18)19-5-3-4-6-20(19)25-17-11-9-16(10-12-17)21(22,23)24/h3-14,25H,1-2H3. The van der Waals surface area contributed by atoms with Crippen LogP contribution < -0.4 is 10.6 Å². The van der Waals surface area contributed by atoms with Crippen molar-refractivity contribution in [3.63, 3.8) is 0 Å². The third-order valence-corrected chi connectivity index (χ3v) is 5.44. The van der Waals surface area contributed by atoms with Crippen LogP contribution >= 0.6 is 7.92 Å². The van der Waals surface area contributed by atoms with Gasteiger partial charge in [0.15, 0.2) is 0 Å². The fourth-order valence-electron chi connectivity index (χ4n) is 2.68. The fourth-order valence-corrected chi connectivity index (χ4v) is 3.43. The minimum atomic E-state index is -4.32. The van der Waals surface area contributed by atoms with E-state index in [-0.39, 0.29) is 7.92 Å². The number of nitrogens with one attached hydrogen (secondary N) is 1. The lowest BCUT2D eigenvalue weighted by molar-refractivity contribution is -0.137. The quantitative estimate of drug-likeness (QED) is 0.516. The van der Waals surface area contributed by atoms with Gasteiger partial charge in [-0.25, -0.2) is 0 Å². The van der Waals surface area contributed by atoms with E-state index in [0.29, 0.717) is 5.69 Å². The van der Waals surface area contributed by atoms with Crippen molar-refractivity contribution in [2.24, 2.45) is 0 Å². The highest BCUT2D eigenvalue weighted by Gasteiger charge is 2.29. The van der Waals surface area contributed by atoms with Gasteiger partial charge >= 0.3 is 6.18 Å². The van der Waals surface area contributed by atoms with Gasteiger partial charge in [-0.05, 0) is 54.5 Å². The molecule has 26 heavy (non-hydrogen) atoms. The Morgan fingerprint density at radius 2 is 1.38 bits per heavy atom. The average molecular weight is 373 g/mol. The lowest BCUT2D eigenvalue weighted by Gasteiger charge is -2.14. The summed E-state index contributed by atoms with van der Waals surface area (Å²) in [5, 5.41) is 4.55. The molecule has 0 saturated heterocycles. The van der Waals surface area contributed by atoms with E-state index in [1.165, 1.54) is 17.4 Å². The van der Waals surface area contributed by atoms with Crippen LogP contribution in [-0.2, 0) is 6.18 Å². The van der Waals surface area contributed by atoms with Crippen LogP contribution in [0.5, 0.6) is 0 Å². The molecule has 0 atom stereocenters. The number of hydrogen-bond donors (Lipinski definition) is 1. The van der Waals surface area contributed by atoms with Gasteiger partial charge in [0.2, 0.25) is 0 Å². The Morgan fingerprint density at radius 1 is 0.769 bits per heavy atom. The van der Waals surface area contributed by atoms with E-state index >= 15 is 0 Å². The predicted octanol–water partition coefficient (Wildman–Crippen LogP) is 6.48. The Balaban J connectivity index is 1.88. The molecular formula is C21H19F3NP. The molecule has 1 N–H and O–H groups in total. The van der Waals surface area contributed by atoms with E-state index in [4.69, 9.17) is 0 Å². The van der Waals surface area contributed by atoms with Crippen molar-refractivity contribution in [1.29, 1.82) is 0 Å². The second-order valence-corrected chi connectivity index (χ2v) is 8.49. The first-order valence-electron chi connectivity index (χ1n) is 8.16. The summed E-state index contributed by atoms with van der Waals surface area (Å²) >= 11 is 0. The van der Waals surface area contributed by atoms with E-state index in [0.717, 1.165) is 28.9 Å². The number of para-hydroxylation sites is 1. The van der Waals surface area contributed by atoms with Crippen LogP contribution in [-0.4, -0.2) is 13.3 Å². The molecule has 0 radical (unpaired) electrons. The summed E-state index contributed by atoms with van der Waals surface area (Å²) in [7, 11) is -0.145. The highest BCUT2D eigenvalue weighted by Crippen LogP contribution is 2.33. The summed E-state index contributed by atoms with van der Waals surface area (Å²) in [4.78, 5) is 0. The third kappa shape index (κ3) is 4.25. The maximum absolute atomic E-state index is 12.7. The van der Waals surface area contributed by atoms with Gasteiger partial charge in [0.1, 0.15) is 0 Å². The van der Waals surface area contributed by atoms with Crippen molar-refractivity contribution >= 4 is 24.6 Å². The summed E-state index contributed by atoms with van der Waals surface area (Å²) in [6.45, 7) is 4.43. The normalized spacial score (nSPS) is 11.6. The van der Waals surface area contributed by atoms with Crippen LogP contribution in [0.25, 0.3) is 11.1 Å². The Kier molecular flexibility index (Phi) is 5.33. The minimum absolute atomic E-state index is 0.145. The van der Waals surface area contributed by atoms with Crippen molar-refractivity contribution in [2.75, 3.05) is 18.6 Å². The molecule has 0 aliphatic carbocycles. The SMILES string of the molecule is CP(C)c1ccc(-c2ccccc2Nc2ccc(C(F)(F)F)cc2)cc1. The minimum Gasteiger partial charge on any atom is -0.355 e. The van der Waals surface area contributed by atoms with Crippen LogP contribution in [0.4, 0.5) is 24.5 Å². The predicted molar refractivity (Wildman–Crippen MR) is 105 cm³/mol. The van der Waals surface area contributed by atoms with Gasteiger partial charge in [-0.3, -0.25) is 0 Å². The van der Waals surface area contributed by atoms with Gasteiger partial charge < -0.3 is 5.32 Å². The summed E-state index contributed by atoms with van der Waals surface area (Å²) < 4.78 is 38.1. The first-order valence-corrected chi connectivity index (χ1v) is 10.4. The zero-order valence-electron chi connectivity index (χ0n) is 14.5. The van der Waals surface area contributed by atoms with Crippen LogP contribution in [0.1, 0.15) is 5.56 Å². The molecule has 0 saturated carbocycles. The van der Waals surface area contributed by atoms with Crippen LogP contribution in [0.3, 0.4) is 0 Å². The molecule has 0 unspecified atom stereocenters. The maximum Gasteiger partial charge on any atom is 0.416 e. The maximum atomic E-state index is 12.7. The average Bonchev–Trinajstić information content (AvgIpc) is 2.62. The third-order valence-electron chi connectivity index (χ3n) is 4.11. The summed E-state index contributed by atoms with van der Waals surface area (Å²) in [6.07, 6.45) is -4.32. The molecule has 0 aromatic heterocycles. The van der Waals surface area contributed by atoms with Crippen molar-refractivity contribution < 1.29 is 13.2 Å². The number of rotatable bonds is 4. The molecule has 5 heteroatoms. The van der Waals surface area contributed by atoms with Gasteiger partial charge in [0.25, 0.3) is 0 Å².